The fraction of sp³-hybridized carbons (Fsp3) is 0.944. The molecule has 0 rings (SSSR count). The summed E-state index contributed by atoms with van der Waals surface area (Å²) in [5.41, 5.74) is 0. The van der Waals surface area contributed by atoms with Gasteiger partial charge in [0, 0.05) is 25.7 Å². The van der Waals surface area contributed by atoms with Gasteiger partial charge in [-0.05, 0) is 49.4 Å². The fourth-order valence-corrected chi connectivity index (χ4v) is 12.4. The molecule has 3 N–H and O–H groups in total. The lowest BCUT2D eigenvalue weighted by molar-refractivity contribution is -0.161. The highest BCUT2D eigenvalue weighted by molar-refractivity contribution is 7.47. The van der Waals surface area contributed by atoms with Gasteiger partial charge in [0.1, 0.15) is 19.3 Å². The second-order valence-electron chi connectivity index (χ2n) is 27.6. The Kier molecular flexibility index (Phi) is 60.3. The largest absolute Gasteiger partial charge is 0.472 e. The highest BCUT2D eigenvalue weighted by Gasteiger charge is 2.30. The van der Waals surface area contributed by atoms with E-state index < -0.39 is 97.5 Å². The minimum atomic E-state index is -4.95. The van der Waals surface area contributed by atoms with Crippen LogP contribution in [0.5, 0.6) is 0 Å². The Morgan fingerprint density at radius 1 is 0.308 bits per heavy atom. The Hall–Kier alpha value is -1.94. The molecule has 0 heterocycles. The topological polar surface area (TPSA) is 237 Å². The van der Waals surface area contributed by atoms with E-state index in [2.05, 4.69) is 55.4 Å². The molecular formula is C72H140O17P2. The van der Waals surface area contributed by atoms with Crippen LogP contribution in [-0.2, 0) is 65.4 Å². The number of aliphatic hydroxyl groups is 1. The number of rotatable bonds is 69. The highest BCUT2D eigenvalue weighted by Crippen LogP contribution is 2.45. The molecule has 19 heteroatoms. The summed E-state index contributed by atoms with van der Waals surface area (Å²) in [4.78, 5) is 72.6. The number of ether oxygens (including phenoxy) is 4. The molecule has 0 radical (unpaired) electrons. The zero-order valence-electron chi connectivity index (χ0n) is 59.5. The van der Waals surface area contributed by atoms with Crippen molar-refractivity contribution in [1.82, 2.24) is 0 Å². The second-order valence-corrected chi connectivity index (χ2v) is 30.6. The molecule has 0 aliphatic rings. The zero-order chi connectivity index (χ0) is 67.5. The first kappa shape index (κ1) is 89.1. The number of unbranched alkanes of at least 4 members (excludes halogenated alkanes) is 34. The molecule has 0 fully saturated rings. The normalized spacial score (nSPS) is 14.5. The Morgan fingerprint density at radius 2 is 0.527 bits per heavy atom. The van der Waals surface area contributed by atoms with Gasteiger partial charge in [-0.2, -0.15) is 0 Å². The van der Waals surface area contributed by atoms with E-state index in [9.17, 15) is 43.2 Å². The molecule has 0 saturated heterocycles. The zero-order valence-corrected chi connectivity index (χ0v) is 61.3. The summed E-state index contributed by atoms with van der Waals surface area (Å²) >= 11 is 0. The van der Waals surface area contributed by atoms with Crippen molar-refractivity contribution in [3.8, 4) is 0 Å². The van der Waals surface area contributed by atoms with Crippen LogP contribution in [0.15, 0.2) is 0 Å². The van der Waals surface area contributed by atoms with Crippen LogP contribution in [0.3, 0.4) is 0 Å². The van der Waals surface area contributed by atoms with Crippen molar-refractivity contribution >= 4 is 39.5 Å². The van der Waals surface area contributed by atoms with Crippen molar-refractivity contribution in [3.63, 3.8) is 0 Å². The maximum absolute atomic E-state index is 13.0. The number of carbonyl (C=O) groups is 4. The molecule has 0 bridgehead atoms. The predicted molar refractivity (Wildman–Crippen MR) is 367 cm³/mol. The van der Waals surface area contributed by atoms with Gasteiger partial charge in [-0.1, -0.05) is 306 Å². The molecule has 0 saturated carbocycles. The molecule has 0 aromatic carbocycles. The van der Waals surface area contributed by atoms with Gasteiger partial charge in [-0.25, -0.2) is 9.13 Å². The van der Waals surface area contributed by atoms with E-state index in [1.165, 1.54) is 154 Å². The summed E-state index contributed by atoms with van der Waals surface area (Å²) in [6.07, 6.45) is 44.5. The Morgan fingerprint density at radius 3 is 0.780 bits per heavy atom. The molecule has 0 aromatic heterocycles. The lowest BCUT2D eigenvalue weighted by Crippen LogP contribution is -2.30. The summed E-state index contributed by atoms with van der Waals surface area (Å²) in [5.74, 6) is 0.866. The van der Waals surface area contributed by atoms with Crippen molar-refractivity contribution in [2.24, 2.45) is 23.7 Å². The smallest absolute Gasteiger partial charge is 0.462 e. The van der Waals surface area contributed by atoms with Gasteiger partial charge in [0.2, 0.25) is 0 Å². The van der Waals surface area contributed by atoms with E-state index in [0.29, 0.717) is 31.6 Å². The molecule has 0 aromatic rings. The number of aliphatic hydroxyl groups excluding tert-OH is 1. The molecule has 6 atom stereocenters. The van der Waals surface area contributed by atoms with E-state index in [0.717, 1.165) is 114 Å². The van der Waals surface area contributed by atoms with Gasteiger partial charge in [0.05, 0.1) is 26.4 Å². The van der Waals surface area contributed by atoms with Gasteiger partial charge in [0.25, 0.3) is 0 Å². The lowest BCUT2D eigenvalue weighted by Gasteiger charge is -2.21. The van der Waals surface area contributed by atoms with Crippen molar-refractivity contribution in [2.45, 2.75) is 375 Å². The molecule has 17 nitrogen and oxygen atoms in total. The van der Waals surface area contributed by atoms with Gasteiger partial charge in [-0.3, -0.25) is 37.3 Å². The van der Waals surface area contributed by atoms with Crippen LogP contribution < -0.4 is 0 Å². The van der Waals surface area contributed by atoms with Crippen molar-refractivity contribution in [2.75, 3.05) is 39.6 Å². The summed E-state index contributed by atoms with van der Waals surface area (Å²) in [6, 6.07) is 0. The van der Waals surface area contributed by atoms with E-state index in [1.807, 2.05) is 0 Å². The average Bonchev–Trinajstić information content (AvgIpc) is 3.34. The minimum Gasteiger partial charge on any atom is -0.462 e. The summed E-state index contributed by atoms with van der Waals surface area (Å²) < 4.78 is 68.3. The van der Waals surface area contributed by atoms with Crippen LogP contribution in [0.25, 0.3) is 0 Å². The maximum Gasteiger partial charge on any atom is 0.472 e. The molecule has 0 aliphatic carbocycles. The van der Waals surface area contributed by atoms with Crippen LogP contribution in [0.2, 0.25) is 0 Å². The number of hydrogen-bond donors (Lipinski definition) is 3. The van der Waals surface area contributed by atoms with Gasteiger partial charge in [0.15, 0.2) is 12.2 Å². The molecule has 540 valence electrons. The van der Waals surface area contributed by atoms with Crippen LogP contribution in [0.1, 0.15) is 357 Å². The number of phosphoric ester groups is 2. The molecule has 0 aliphatic heterocycles. The van der Waals surface area contributed by atoms with E-state index in [4.69, 9.17) is 37.0 Å². The van der Waals surface area contributed by atoms with Crippen molar-refractivity contribution in [3.05, 3.63) is 0 Å². The third-order valence-electron chi connectivity index (χ3n) is 16.9. The van der Waals surface area contributed by atoms with Gasteiger partial charge >= 0.3 is 39.5 Å². The van der Waals surface area contributed by atoms with Gasteiger partial charge in [-0.15, -0.1) is 0 Å². The molecule has 3 unspecified atom stereocenters. The Bertz CT molecular complexity index is 1800. The standard InChI is InChI=1S/C72H140O17P2/c1-9-65(8)51-43-35-30-31-37-45-53-70(75)83-59-68(88-71(76)54-46-38-28-22-18-12-10-11-15-19-24-32-40-48-62(2)3)61-87-91(80,81)85-57-66(73)56-84-90(78,79)86-60-67(89-72(77)55-47-39-29-23-26-34-42-50-64(6)7)58-82-69(74)52-44-36-27-21-17-14-13-16-20-25-33-41-49-63(4)5/h62-68,73H,9-61H2,1-8H3,(H,78,79)(H,80,81)/t65?,66-,67-,68-/m1/s1. The van der Waals surface area contributed by atoms with Crippen LogP contribution >= 0.6 is 15.6 Å². The van der Waals surface area contributed by atoms with Crippen LogP contribution in [-0.4, -0.2) is 96.7 Å². The molecule has 0 spiro atoms. The van der Waals surface area contributed by atoms with E-state index in [-0.39, 0.29) is 25.7 Å². The Labute approximate surface area is 556 Å². The number of carbonyl (C=O) groups excluding carboxylic acids is 4. The quantitative estimate of drug-likeness (QED) is 0.0222. The Balaban J connectivity index is 5.22. The summed E-state index contributed by atoms with van der Waals surface area (Å²) in [5, 5.41) is 10.6. The third kappa shape index (κ3) is 65.1. The predicted octanol–water partition coefficient (Wildman–Crippen LogP) is 20.5. The van der Waals surface area contributed by atoms with Crippen molar-refractivity contribution < 1.29 is 80.2 Å². The number of esters is 4. The van der Waals surface area contributed by atoms with Crippen molar-refractivity contribution in [1.29, 1.82) is 0 Å². The molecule has 91 heavy (non-hydrogen) atoms. The minimum absolute atomic E-state index is 0.103. The third-order valence-corrected chi connectivity index (χ3v) is 18.8. The number of hydrogen-bond acceptors (Lipinski definition) is 15. The second kappa shape index (κ2) is 61.6. The van der Waals surface area contributed by atoms with E-state index in [1.54, 1.807) is 0 Å². The summed E-state index contributed by atoms with van der Waals surface area (Å²) in [7, 11) is -9.91. The maximum atomic E-state index is 13.0. The van der Waals surface area contributed by atoms with Crippen LogP contribution in [0.4, 0.5) is 0 Å². The van der Waals surface area contributed by atoms with E-state index >= 15 is 0 Å². The molecular weight excluding hydrogens is 1200 g/mol. The van der Waals surface area contributed by atoms with Crippen LogP contribution in [0, 0.1) is 23.7 Å². The SMILES string of the molecule is CCC(C)CCCCCCCCC(=O)OC[C@H](COP(=O)(O)OC[C@H](O)COP(=O)(O)OC[C@@H](COC(=O)CCCCCCCCCCCCCCC(C)C)OC(=O)CCCCCCCCCC(C)C)OC(=O)CCCCCCCCCCCCCCCC(C)C. The first-order chi connectivity index (χ1) is 43.6. The summed E-state index contributed by atoms with van der Waals surface area (Å²) in [6.45, 7) is 14.1. The highest BCUT2D eigenvalue weighted by atomic mass is 31.2. The monoisotopic (exact) mass is 1340 g/mol. The lowest BCUT2D eigenvalue weighted by atomic mass is 10.00. The van der Waals surface area contributed by atoms with Gasteiger partial charge < -0.3 is 33.8 Å². The molecule has 0 amide bonds. The average molecular weight is 1340 g/mol. The first-order valence-corrected chi connectivity index (χ1v) is 40.2. The number of phosphoric acid groups is 2. The first-order valence-electron chi connectivity index (χ1n) is 37.2. The fourth-order valence-electron chi connectivity index (χ4n) is 10.8.